The normalized spacial score (nSPS) is 10.9. The van der Waals surface area contributed by atoms with E-state index in [1.54, 1.807) is 6.92 Å². The first-order valence-corrected chi connectivity index (χ1v) is 7.31. The van der Waals surface area contributed by atoms with Gasteiger partial charge in [-0.2, -0.15) is 0 Å². The lowest BCUT2D eigenvalue weighted by molar-refractivity contribution is -0.140. The van der Waals surface area contributed by atoms with Gasteiger partial charge in [-0.25, -0.2) is 13.2 Å². The van der Waals surface area contributed by atoms with Crippen LogP contribution in [0.3, 0.4) is 0 Å². The van der Waals surface area contributed by atoms with Gasteiger partial charge in [-0.15, -0.1) is 0 Å². The molecule has 0 saturated heterocycles. The van der Waals surface area contributed by atoms with Crippen molar-refractivity contribution in [3.63, 3.8) is 0 Å². The van der Waals surface area contributed by atoms with Gasteiger partial charge in [-0.1, -0.05) is 6.07 Å². The second-order valence-corrected chi connectivity index (χ2v) is 5.92. The molecular weight excluding hydrogens is 286 g/mol. The summed E-state index contributed by atoms with van der Waals surface area (Å²) >= 11 is 0. The fraction of sp³-hybridized carbons (Fsp3) is 0.333. The Morgan fingerprint density at radius 3 is 2.55 bits per heavy atom. The summed E-state index contributed by atoms with van der Waals surface area (Å²) in [5, 5.41) is 8.96. The Balaban J connectivity index is 2.85. The molecule has 0 unspecified atom stereocenters. The van der Waals surface area contributed by atoms with Gasteiger partial charge >= 0.3 is 11.9 Å². The summed E-state index contributed by atoms with van der Waals surface area (Å²) in [6.07, 6.45) is -0.274. The third-order valence-electron chi connectivity index (χ3n) is 2.54. The summed E-state index contributed by atoms with van der Waals surface area (Å²) in [5.41, 5.74) is 0.672. The van der Waals surface area contributed by atoms with Crippen LogP contribution in [0.4, 0.5) is 5.69 Å². The number of nitrogens with one attached hydrogen (secondary N) is 1. The van der Waals surface area contributed by atoms with Crippen molar-refractivity contribution in [2.75, 3.05) is 17.6 Å². The van der Waals surface area contributed by atoms with Crippen LogP contribution in [0.15, 0.2) is 18.2 Å². The van der Waals surface area contributed by atoms with Crippen LogP contribution >= 0.6 is 0 Å². The van der Waals surface area contributed by atoms with E-state index in [0.717, 1.165) is 0 Å². The predicted molar refractivity (Wildman–Crippen MR) is 72.2 cm³/mol. The maximum absolute atomic E-state index is 11.7. The summed E-state index contributed by atoms with van der Waals surface area (Å²) in [5.74, 6) is -2.21. The van der Waals surface area contributed by atoms with E-state index in [-0.39, 0.29) is 17.7 Å². The Kier molecular flexibility index (Phi) is 5.09. The molecule has 2 N–H and O–H groups in total. The Hall–Kier alpha value is -2.09. The minimum Gasteiger partial charge on any atom is -0.478 e. The molecule has 0 aliphatic rings. The standard InChI is InChI=1S/C12H15NO6S/c1-8-3-4-9(7-10(8)12(15)16)13-20(17,18)6-5-11(14)19-2/h3-4,7,13H,5-6H2,1-2H3,(H,15,16). The molecule has 0 aliphatic heterocycles. The number of hydrogen-bond donors (Lipinski definition) is 2. The molecule has 110 valence electrons. The zero-order chi connectivity index (χ0) is 15.3. The fourth-order valence-corrected chi connectivity index (χ4v) is 2.49. The van der Waals surface area contributed by atoms with Crippen LogP contribution in [-0.4, -0.2) is 38.3 Å². The number of rotatable bonds is 6. The molecule has 0 radical (unpaired) electrons. The van der Waals surface area contributed by atoms with Crippen molar-refractivity contribution in [2.24, 2.45) is 0 Å². The van der Waals surface area contributed by atoms with Crippen molar-refractivity contribution in [1.82, 2.24) is 0 Å². The maximum atomic E-state index is 11.7. The molecule has 0 spiro atoms. The Bertz CT molecular complexity index is 623. The van der Waals surface area contributed by atoms with E-state index < -0.39 is 27.7 Å². The smallest absolute Gasteiger partial charge is 0.336 e. The molecule has 0 aliphatic carbocycles. The van der Waals surface area contributed by atoms with E-state index in [0.29, 0.717) is 5.56 Å². The van der Waals surface area contributed by atoms with Gasteiger partial charge in [0.25, 0.3) is 0 Å². The van der Waals surface area contributed by atoms with E-state index in [4.69, 9.17) is 5.11 Å². The summed E-state index contributed by atoms with van der Waals surface area (Å²) in [7, 11) is -2.57. The predicted octanol–water partition coefficient (Wildman–Crippen LogP) is 0.998. The number of carboxylic acids is 1. The first-order valence-electron chi connectivity index (χ1n) is 5.66. The van der Waals surface area contributed by atoms with Crippen LogP contribution in [0.1, 0.15) is 22.3 Å². The molecule has 0 bridgehead atoms. The van der Waals surface area contributed by atoms with Gasteiger partial charge in [0, 0.05) is 5.69 Å². The number of methoxy groups -OCH3 is 1. The number of carbonyl (C=O) groups excluding carboxylic acids is 1. The van der Waals surface area contributed by atoms with Crippen LogP contribution in [-0.2, 0) is 19.6 Å². The lowest BCUT2D eigenvalue weighted by Crippen LogP contribution is -2.19. The van der Waals surface area contributed by atoms with E-state index in [1.165, 1.54) is 25.3 Å². The summed E-state index contributed by atoms with van der Waals surface area (Å²) < 4.78 is 30.0. The molecule has 0 fully saturated rings. The zero-order valence-electron chi connectivity index (χ0n) is 11.0. The highest BCUT2D eigenvalue weighted by Crippen LogP contribution is 2.16. The van der Waals surface area contributed by atoms with E-state index in [9.17, 15) is 18.0 Å². The van der Waals surface area contributed by atoms with E-state index in [1.807, 2.05) is 0 Å². The Labute approximate surface area is 116 Å². The highest BCUT2D eigenvalue weighted by Gasteiger charge is 2.15. The lowest BCUT2D eigenvalue weighted by atomic mass is 10.1. The van der Waals surface area contributed by atoms with Crippen LogP contribution in [0.25, 0.3) is 0 Å². The number of ether oxygens (including phenoxy) is 1. The molecule has 0 saturated carbocycles. The van der Waals surface area contributed by atoms with E-state index >= 15 is 0 Å². The Morgan fingerprint density at radius 2 is 2.00 bits per heavy atom. The molecule has 0 aromatic heterocycles. The minimum atomic E-state index is -3.74. The highest BCUT2D eigenvalue weighted by atomic mass is 32.2. The first-order chi connectivity index (χ1) is 9.25. The molecule has 7 nitrogen and oxygen atoms in total. The molecular formula is C12H15NO6S. The molecule has 0 heterocycles. The summed E-state index contributed by atoms with van der Waals surface area (Å²) in [4.78, 5) is 21.9. The number of anilines is 1. The number of carboxylic acid groups (broad SMARTS) is 1. The second kappa shape index (κ2) is 6.38. The number of aromatic carboxylic acids is 1. The first kappa shape index (κ1) is 16.0. The van der Waals surface area contributed by atoms with Crippen molar-refractivity contribution < 1.29 is 27.9 Å². The van der Waals surface area contributed by atoms with Crippen molar-refractivity contribution >= 4 is 27.6 Å². The average molecular weight is 301 g/mol. The second-order valence-electron chi connectivity index (χ2n) is 4.08. The van der Waals surface area contributed by atoms with Gasteiger partial charge in [0.05, 0.1) is 24.8 Å². The van der Waals surface area contributed by atoms with Crippen LogP contribution in [0.5, 0.6) is 0 Å². The molecule has 20 heavy (non-hydrogen) atoms. The van der Waals surface area contributed by atoms with Crippen molar-refractivity contribution in [3.8, 4) is 0 Å². The number of sulfonamides is 1. The largest absolute Gasteiger partial charge is 0.478 e. The number of hydrogen-bond acceptors (Lipinski definition) is 5. The zero-order valence-corrected chi connectivity index (χ0v) is 11.9. The van der Waals surface area contributed by atoms with Crippen molar-refractivity contribution in [2.45, 2.75) is 13.3 Å². The monoisotopic (exact) mass is 301 g/mol. The average Bonchev–Trinajstić information content (AvgIpc) is 2.37. The highest BCUT2D eigenvalue weighted by molar-refractivity contribution is 7.92. The summed E-state index contributed by atoms with van der Waals surface area (Å²) in [6.45, 7) is 1.61. The fourth-order valence-electron chi connectivity index (χ4n) is 1.47. The summed E-state index contributed by atoms with van der Waals surface area (Å²) in [6, 6.07) is 4.19. The topological polar surface area (TPSA) is 110 Å². The molecule has 0 atom stereocenters. The van der Waals surface area contributed by atoms with Crippen LogP contribution < -0.4 is 4.72 Å². The number of carbonyl (C=O) groups is 2. The van der Waals surface area contributed by atoms with Gasteiger partial charge in [0.2, 0.25) is 10.0 Å². The van der Waals surface area contributed by atoms with Crippen molar-refractivity contribution in [1.29, 1.82) is 0 Å². The van der Waals surface area contributed by atoms with Crippen LogP contribution in [0.2, 0.25) is 0 Å². The molecule has 8 heteroatoms. The van der Waals surface area contributed by atoms with Gasteiger partial charge in [-0.3, -0.25) is 9.52 Å². The van der Waals surface area contributed by atoms with Crippen LogP contribution in [0, 0.1) is 6.92 Å². The maximum Gasteiger partial charge on any atom is 0.336 e. The number of aryl methyl sites for hydroxylation is 1. The van der Waals surface area contributed by atoms with Crippen molar-refractivity contribution in [3.05, 3.63) is 29.3 Å². The quantitative estimate of drug-likeness (QED) is 0.758. The number of benzene rings is 1. The lowest BCUT2D eigenvalue weighted by Gasteiger charge is -2.09. The minimum absolute atomic E-state index is 0.0122. The third-order valence-corrected chi connectivity index (χ3v) is 3.83. The van der Waals surface area contributed by atoms with Gasteiger partial charge in [0.1, 0.15) is 0 Å². The number of esters is 1. The molecule has 1 aromatic rings. The third kappa shape index (κ3) is 4.54. The molecule has 1 rings (SSSR count). The van der Waals surface area contributed by atoms with Gasteiger partial charge < -0.3 is 9.84 Å². The van der Waals surface area contributed by atoms with Gasteiger partial charge in [0.15, 0.2) is 0 Å². The Morgan fingerprint density at radius 1 is 1.35 bits per heavy atom. The molecule has 0 amide bonds. The van der Waals surface area contributed by atoms with E-state index in [2.05, 4.69) is 9.46 Å². The molecule has 1 aromatic carbocycles. The SMILES string of the molecule is COC(=O)CCS(=O)(=O)Nc1ccc(C)c(C(=O)O)c1. The van der Waals surface area contributed by atoms with Gasteiger partial charge in [-0.05, 0) is 24.6 Å².